The SMILES string of the molecule is CCC(CNC)N1CCN(CC2CC2)CC1. The molecule has 0 aromatic heterocycles. The number of piperazine rings is 1. The molecule has 0 aromatic rings. The topological polar surface area (TPSA) is 18.5 Å². The molecule has 0 amide bonds. The first-order valence-electron chi connectivity index (χ1n) is 6.94. The van der Waals surface area contributed by atoms with E-state index >= 15 is 0 Å². The number of hydrogen-bond acceptors (Lipinski definition) is 3. The molecule has 1 aliphatic carbocycles. The Bertz CT molecular complexity index is 195. The van der Waals surface area contributed by atoms with Gasteiger partial charge in [-0.05, 0) is 32.2 Å². The van der Waals surface area contributed by atoms with Gasteiger partial charge < -0.3 is 10.2 Å². The molecule has 94 valence electrons. The Morgan fingerprint density at radius 2 is 1.88 bits per heavy atom. The van der Waals surface area contributed by atoms with Crippen molar-refractivity contribution in [3.8, 4) is 0 Å². The van der Waals surface area contributed by atoms with Crippen molar-refractivity contribution < 1.29 is 0 Å². The van der Waals surface area contributed by atoms with Gasteiger partial charge in [0.1, 0.15) is 0 Å². The van der Waals surface area contributed by atoms with Crippen molar-refractivity contribution in [1.29, 1.82) is 0 Å². The summed E-state index contributed by atoms with van der Waals surface area (Å²) in [5.74, 6) is 1.05. The maximum atomic E-state index is 3.31. The monoisotopic (exact) mass is 225 g/mol. The van der Waals surface area contributed by atoms with E-state index in [4.69, 9.17) is 0 Å². The number of hydrogen-bond donors (Lipinski definition) is 1. The van der Waals surface area contributed by atoms with E-state index in [9.17, 15) is 0 Å². The molecule has 1 heterocycles. The zero-order valence-electron chi connectivity index (χ0n) is 10.9. The second-order valence-corrected chi connectivity index (χ2v) is 5.40. The van der Waals surface area contributed by atoms with Gasteiger partial charge in [0.05, 0.1) is 0 Å². The van der Waals surface area contributed by atoms with Gasteiger partial charge in [-0.1, -0.05) is 6.92 Å². The van der Waals surface area contributed by atoms with Crippen LogP contribution in [-0.2, 0) is 0 Å². The van der Waals surface area contributed by atoms with E-state index in [1.54, 1.807) is 0 Å². The van der Waals surface area contributed by atoms with Gasteiger partial charge in [0.15, 0.2) is 0 Å². The van der Waals surface area contributed by atoms with Crippen molar-refractivity contribution in [1.82, 2.24) is 15.1 Å². The maximum Gasteiger partial charge on any atom is 0.0218 e. The molecule has 1 atom stereocenters. The lowest BCUT2D eigenvalue weighted by Gasteiger charge is -2.39. The van der Waals surface area contributed by atoms with Crippen LogP contribution in [0, 0.1) is 5.92 Å². The molecule has 3 nitrogen and oxygen atoms in total. The first-order valence-corrected chi connectivity index (χ1v) is 6.94. The molecule has 16 heavy (non-hydrogen) atoms. The third kappa shape index (κ3) is 3.44. The summed E-state index contributed by atoms with van der Waals surface area (Å²) in [6.07, 6.45) is 4.23. The highest BCUT2D eigenvalue weighted by Crippen LogP contribution is 2.30. The normalized spacial score (nSPS) is 25.9. The minimum atomic E-state index is 0.744. The molecule has 0 radical (unpaired) electrons. The zero-order chi connectivity index (χ0) is 11.4. The number of nitrogens with one attached hydrogen (secondary N) is 1. The maximum absolute atomic E-state index is 3.31. The summed E-state index contributed by atoms with van der Waals surface area (Å²) in [6.45, 7) is 9.93. The van der Waals surface area contributed by atoms with Gasteiger partial charge in [-0.25, -0.2) is 0 Å². The van der Waals surface area contributed by atoms with Gasteiger partial charge in [-0.3, -0.25) is 4.90 Å². The minimum absolute atomic E-state index is 0.744. The summed E-state index contributed by atoms with van der Waals surface area (Å²) < 4.78 is 0. The van der Waals surface area contributed by atoms with E-state index in [1.807, 2.05) is 0 Å². The van der Waals surface area contributed by atoms with Crippen molar-refractivity contribution in [2.24, 2.45) is 5.92 Å². The Kier molecular flexibility index (Phi) is 4.62. The van der Waals surface area contributed by atoms with Gasteiger partial charge in [-0.2, -0.15) is 0 Å². The first kappa shape index (κ1) is 12.3. The van der Waals surface area contributed by atoms with Gasteiger partial charge in [-0.15, -0.1) is 0 Å². The van der Waals surface area contributed by atoms with Crippen molar-refractivity contribution >= 4 is 0 Å². The summed E-state index contributed by atoms with van der Waals surface area (Å²) in [5.41, 5.74) is 0. The molecule has 0 aromatic carbocycles. The van der Waals surface area contributed by atoms with Crippen LogP contribution in [0.15, 0.2) is 0 Å². The average molecular weight is 225 g/mol. The summed E-state index contributed by atoms with van der Waals surface area (Å²) in [7, 11) is 2.06. The second-order valence-electron chi connectivity index (χ2n) is 5.40. The lowest BCUT2D eigenvalue weighted by molar-refractivity contribution is 0.0914. The Hall–Kier alpha value is -0.120. The van der Waals surface area contributed by atoms with Crippen LogP contribution in [0.3, 0.4) is 0 Å². The van der Waals surface area contributed by atoms with Crippen LogP contribution in [0.2, 0.25) is 0 Å². The predicted molar refractivity (Wildman–Crippen MR) is 68.7 cm³/mol. The molecule has 3 heteroatoms. The van der Waals surface area contributed by atoms with Crippen molar-refractivity contribution in [3.05, 3.63) is 0 Å². The summed E-state index contributed by atoms with van der Waals surface area (Å²) in [6, 6.07) is 0.744. The molecule has 2 aliphatic rings. The number of rotatable bonds is 6. The number of likely N-dealkylation sites (N-methyl/N-ethyl adjacent to an activating group) is 1. The summed E-state index contributed by atoms with van der Waals surface area (Å²) in [4.78, 5) is 5.33. The van der Waals surface area contributed by atoms with Gasteiger partial charge in [0.25, 0.3) is 0 Å². The van der Waals surface area contributed by atoms with E-state index in [1.165, 1.54) is 52.0 Å². The highest BCUT2D eigenvalue weighted by Gasteiger charge is 2.27. The fourth-order valence-corrected chi connectivity index (χ4v) is 2.74. The van der Waals surface area contributed by atoms with Crippen LogP contribution in [0.5, 0.6) is 0 Å². The molecule has 1 N–H and O–H groups in total. The first-order chi connectivity index (χ1) is 7.83. The highest BCUT2D eigenvalue weighted by atomic mass is 15.3. The molecule has 2 rings (SSSR count). The molecular formula is C13H27N3. The fourth-order valence-electron chi connectivity index (χ4n) is 2.74. The van der Waals surface area contributed by atoms with Gasteiger partial charge in [0.2, 0.25) is 0 Å². The quantitative estimate of drug-likeness (QED) is 0.728. The molecule has 2 fully saturated rings. The third-order valence-corrected chi connectivity index (χ3v) is 4.05. The Labute approximate surface area is 100 Å². The van der Waals surface area contributed by atoms with Crippen LogP contribution in [0.4, 0.5) is 0 Å². The smallest absolute Gasteiger partial charge is 0.0218 e. The average Bonchev–Trinajstić information content (AvgIpc) is 3.11. The standard InChI is InChI=1S/C13H27N3/c1-3-13(10-14-2)16-8-6-15(7-9-16)11-12-4-5-12/h12-14H,3-11H2,1-2H3. The van der Waals surface area contributed by atoms with E-state index in [0.29, 0.717) is 0 Å². The largest absolute Gasteiger partial charge is 0.318 e. The van der Waals surface area contributed by atoms with Crippen molar-refractivity contribution in [2.75, 3.05) is 46.3 Å². The molecule has 0 spiro atoms. The summed E-state index contributed by atoms with van der Waals surface area (Å²) in [5, 5.41) is 3.31. The second kappa shape index (κ2) is 5.99. The fraction of sp³-hybridized carbons (Fsp3) is 1.00. The van der Waals surface area contributed by atoms with E-state index in [-0.39, 0.29) is 0 Å². The molecule has 0 bridgehead atoms. The Balaban J connectivity index is 1.70. The Morgan fingerprint density at radius 1 is 1.19 bits per heavy atom. The van der Waals surface area contributed by atoms with Gasteiger partial charge in [0, 0.05) is 45.3 Å². The third-order valence-electron chi connectivity index (χ3n) is 4.05. The molecule has 1 aliphatic heterocycles. The molecule has 1 unspecified atom stereocenters. The lowest BCUT2D eigenvalue weighted by atomic mass is 10.1. The van der Waals surface area contributed by atoms with Crippen LogP contribution >= 0.6 is 0 Å². The molecule has 1 saturated carbocycles. The lowest BCUT2D eigenvalue weighted by Crippen LogP contribution is -2.52. The Morgan fingerprint density at radius 3 is 2.38 bits per heavy atom. The predicted octanol–water partition coefficient (Wildman–Crippen LogP) is 1.01. The minimum Gasteiger partial charge on any atom is -0.318 e. The van der Waals surface area contributed by atoms with E-state index in [0.717, 1.165) is 18.5 Å². The van der Waals surface area contributed by atoms with Crippen LogP contribution < -0.4 is 5.32 Å². The molecule has 1 saturated heterocycles. The van der Waals surface area contributed by atoms with E-state index < -0.39 is 0 Å². The van der Waals surface area contributed by atoms with Crippen molar-refractivity contribution in [2.45, 2.75) is 32.2 Å². The zero-order valence-corrected chi connectivity index (χ0v) is 10.9. The number of nitrogens with zero attached hydrogens (tertiary/aromatic N) is 2. The van der Waals surface area contributed by atoms with Gasteiger partial charge >= 0.3 is 0 Å². The van der Waals surface area contributed by atoms with Crippen LogP contribution in [-0.4, -0.2) is 62.2 Å². The molecular weight excluding hydrogens is 198 g/mol. The van der Waals surface area contributed by atoms with Crippen LogP contribution in [0.25, 0.3) is 0 Å². The van der Waals surface area contributed by atoms with Crippen LogP contribution in [0.1, 0.15) is 26.2 Å². The van der Waals surface area contributed by atoms with E-state index in [2.05, 4.69) is 29.1 Å². The summed E-state index contributed by atoms with van der Waals surface area (Å²) >= 11 is 0. The van der Waals surface area contributed by atoms with Crippen molar-refractivity contribution in [3.63, 3.8) is 0 Å². The highest BCUT2D eigenvalue weighted by molar-refractivity contribution is 4.83.